The van der Waals surface area contributed by atoms with Gasteiger partial charge in [-0.05, 0) is 50.6 Å². The highest BCUT2D eigenvalue weighted by molar-refractivity contribution is 7.15. The van der Waals surface area contributed by atoms with Crippen molar-refractivity contribution in [1.29, 1.82) is 0 Å². The van der Waals surface area contributed by atoms with Gasteiger partial charge in [0.15, 0.2) is 16.9 Å². The van der Waals surface area contributed by atoms with E-state index in [1.165, 1.54) is 16.2 Å². The van der Waals surface area contributed by atoms with Crippen LogP contribution in [0.4, 0.5) is 5.13 Å². The Morgan fingerprint density at radius 1 is 1.03 bits per heavy atom. The van der Waals surface area contributed by atoms with Crippen LogP contribution in [-0.4, -0.2) is 29.3 Å². The van der Waals surface area contributed by atoms with Gasteiger partial charge in [-0.3, -0.25) is 14.5 Å². The third-order valence-corrected chi connectivity index (χ3v) is 6.22. The zero-order chi connectivity index (χ0) is 23.1. The van der Waals surface area contributed by atoms with Crippen LogP contribution in [0, 0.1) is 6.92 Å². The lowest BCUT2D eigenvalue weighted by Gasteiger charge is -2.23. The van der Waals surface area contributed by atoms with Crippen molar-refractivity contribution >= 4 is 33.3 Å². The van der Waals surface area contributed by atoms with E-state index in [9.17, 15) is 9.59 Å². The molecule has 2 aromatic heterocycles. The van der Waals surface area contributed by atoms with E-state index >= 15 is 0 Å². The number of hydrogen-bond donors (Lipinski definition) is 0. The summed E-state index contributed by atoms with van der Waals surface area (Å²) in [5.74, 6) is 0.720. The predicted octanol–water partition coefficient (Wildman–Crippen LogP) is 4.50. The van der Waals surface area contributed by atoms with Crippen LogP contribution in [0.2, 0.25) is 0 Å². The highest BCUT2D eigenvalue weighted by Crippen LogP contribution is 2.43. The Morgan fingerprint density at radius 3 is 2.52 bits per heavy atom. The van der Waals surface area contributed by atoms with Gasteiger partial charge in [0, 0.05) is 0 Å². The number of aryl methyl sites for hydroxylation is 1. The fourth-order valence-corrected chi connectivity index (χ4v) is 4.77. The number of para-hydroxylation sites is 1. The molecular weight excluding hydrogens is 442 g/mol. The Hall–Kier alpha value is -3.72. The minimum atomic E-state index is -0.740. The van der Waals surface area contributed by atoms with Gasteiger partial charge in [-0.15, -0.1) is 10.2 Å². The summed E-state index contributed by atoms with van der Waals surface area (Å²) in [6.45, 7) is 6.51. The molecule has 0 spiro atoms. The number of anilines is 1. The Bertz CT molecular complexity index is 1430. The van der Waals surface area contributed by atoms with Gasteiger partial charge >= 0.3 is 0 Å². The van der Waals surface area contributed by atoms with E-state index in [0.29, 0.717) is 51.4 Å². The number of ether oxygens (including phenoxy) is 2. The fraction of sp³-hybridized carbons (Fsp3) is 0.250. The number of aromatic nitrogens is 2. The molecule has 1 aliphatic heterocycles. The first-order chi connectivity index (χ1) is 16.0. The largest absolute Gasteiger partial charge is 0.490 e. The Balaban J connectivity index is 1.77. The second-order valence-electron chi connectivity index (χ2n) is 7.42. The smallest absolute Gasteiger partial charge is 0.297 e. The van der Waals surface area contributed by atoms with Gasteiger partial charge in [-0.2, -0.15) is 0 Å². The van der Waals surface area contributed by atoms with Gasteiger partial charge in [-0.25, -0.2) is 0 Å². The number of benzene rings is 2. The second kappa shape index (κ2) is 8.32. The second-order valence-corrected chi connectivity index (χ2v) is 8.58. The van der Waals surface area contributed by atoms with Crippen LogP contribution < -0.4 is 19.8 Å². The molecule has 168 valence electrons. The maximum Gasteiger partial charge on any atom is 0.297 e. The Morgan fingerprint density at radius 2 is 1.79 bits per heavy atom. The highest BCUT2D eigenvalue weighted by Gasteiger charge is 2.45. The summed E-state index contributed by atoms with van der Waals surface area (Å²) in [5, 5.41) is 9.77. The molecule has 0 bridgehead atoms. The van der Waals surface area contributed by atoms with Crippen LogP contribution in [0.1, 0.15) is 46.6 Å². The van der Waals surface area contributed by atoms with Crippen molar-refractivity contribution < 1.29 is 18.7 Å². The molecular formula is C24H21N3O5S. The molecule has 5 rings (SSSR count). The molecule has 0 aliphatic carbocycles. The van der Waals surface area contributed by atoms with Crippen molar-refractivity contribution in [3.8, 4) is 11.5 Å². The molecule has 0 saturated carbocycles. The van der Waals surface area contributed by atoms with E-state index < -0.39 is 11.9 Å². The SMILES string of the molecule is CCOc1ccc(C2c3c(oc4ccccc4c3=O)C(=O)N2c2nnc(C)s2)cc1OCC. The number of rotatable bonds is 6. The average molecular weight is 464 g/mol. The lowest BCUT2D eigenvalue weighted by molar-refractivity contribution is 0.0970. The van der Waals surface area contributed by atoms with Crippen LogP contribution in [-0.2, 0) is 0 Å². The van der Waals surface area contributed by atoms with Crippen LogP contribution in [0.3, 0.4) is 0 Å². The minimum Gasteiger partial charge on any atom is -0.490 e. The first-order valence-electron chi connectivity index (χ1n) is 10.6. The van der Waals surface area contributed by atoms with Crippen LogP contribution >= 0.6 is 11.3 Å². The molecule has 33 heavy (non-hydrogen) atoms. The zero-order valence-electron chi connectivity index (χ0n) is 18.3. The summed E-state index contributed by atoms with van der Waals surface area (Å²) < 4.78 is 17.4. The zero-order valence-corrected chi connectivity index (χ0v) is 19.1. The van der Waals surface area contributed by atoms with Crippen LogP contribution in [0.25, 0.3) is 11.0 Å². The molecule has 0 radical (unpaired) electrons. The molecule has 8 nitrogen and oxygen atoms in total. The van der Waals surface area contributed by atoms with E-state index in [2.05, 4.69) is 10.2 Å². The van der Waals surface area contributed by atoms with Crippen molar-refractivity contribution in [2.24, 2.45) is 0 Å². The quantitative estimate of drug-likeness (QED) is 0.415. The van der Waals surface area contributed by atoms with E-state index in [4.69, 9.17) is 13.9 Å². The number of carbonyl (C=O) groups is 1. The van der Waals surface area contributed by atoms with Crippen LogP contribution in [0.15, 0.2) is 51.7 Å². The summed E-state index contributed by atoms with van der Waals surface area (Å²) >= 11 is 1.28. The number of carbonyl (C=O) groups excluding carboxylic acids is 1. The third kappa shape index (κ3) is 3.45. The van der Waals surface area contributed by atoms with Crippen molar-refractivity contribution in [1.82, 2.24) is 10.2 Å². The van der Waals surface area contributed by atoms with Gasteiger partial charge in [-0.1, -0.05) is 29.5 Å². The Kier molecular flexibility index (Phi) is 5.33. The van der Waals surface area contributed by atoms with Crippen molar-refractivity contribution in [2.45, 2.75) is 26.8 Å². The van der Waals surface area contributed by atoms with Gasteiger partial charge in [0.1, 0.15) is 10.6 Å². The third-order valence-electron chi connectivity index (χ3n) is 5.38. The summed E-state index contributed by atoms with van der Waals surface area (Å²) in [4.78, 5) is 28.6. The molecule has 1 atom stereocenters. The molecule has 1 unspecified atom stereocenters. The Labute approximate surface area is 193 Å². The predicted molar refractivity (Wildman–Crippen MR) is 125 cm³/mol. The van der Waals surface area contributed by atoms with Crippen LogP contribution in [0.5, 0.6) is 11.5 Å². The normalized spacial score (nSPS) is 15.2. The van der Waals surface area contributed by atoms with Gasteiger partial charge in [0.25, 0.3) is 5.91 Å². The number of nitrogens with zero attached hydrogens (tertiary/aromatic N) is 3. The van der Waals surface area contributed by atoms with E-state index in [1.807, 2.05) is 26.8 Å². The molecule has 0 fully saturated rings. The topological polar surface area (TPSA) is 94.8 Å². The number of fused-ring (bicyclic) bond motifs is 2. The van der Waals surface area contributed by atoms with Crippen molar-refractivity contribution in [3.05, 3.63) is 74.6 Å². The lowest BCUT2D eigenvalue weighted by atomic mass is 9.98. The molecule has 0 N–H and O–H groups in total. The van der Waals surface area contributed by atoms with E-state index in [-0.39, 0.29) is 16.8 Å². The van der Waals surface area contributed by atoms with Gasteiger partial charge in [0.05, 0.1) is 30.2 Å². The number of hydrogen-bond acceptors (Lipinski definition) is 8. The molecule has 9 heteroatoms. The maximum absolute atomic E-state index is 13.6. The lowest BCUT2D eigenvalue weighted by Crippen LogP contribution is -2.29. The summed E-state index contributed by atoms with van der Waals surface area (Å²) in [5.41, 5.74) is 1.08. The molecule has 0 saturated heterocycles. The van der Waals surface area contributed by atoms with Crippen molar-refractivity contribution in [2.75, 3.05) is 18.1 Å². The summed E-state index contributed by atoms with van der Waals surface area (Å²) in [6.07, 6.45) is 0. The van der Waals surface area contributed by atoms with Gasteiger partial charge < -0.3 is 13.9 Å². The van der Waals surface area contributed by atoms with Crippen molar-refractivity contribution in [3.63, 3.8) is 0 Å². The highest BCUT2D eigenvalue weighted by atomic mass is 32.1. The first-order valence-corrected chi connectivity index (χ1v) is 11.4. The first kappa shape index (κ1) is 21.1. The monoisotopic (exact) mass is 463 g/mol. The van der Waals surface area contributed by atoms with E-state index in [1.54, 1.807) is 36.4 Å². The molecule has 1 aliphatic rings. The molecule has 2 aromatic carbocycles. The molecule has 4 aromatic rings. The maximum atomic E-state index is 13.6. The number of amides is 1. The fourth-order valence-electron chi connectivity index (χ4n) is 4.05. The molecule has 3 heterocycles. The summed E-state index contributed by atoms with van der Waals surface area (Å²) in [7, 11) is 0. The minimum absolute atomic E-state index is 0.0170. The summed E-state index contributed by atoms with van der Waals surface area (Å²) in [6, 6.07) is 11.6. The molecule has 1 amide bonds. The van der Waals surface area contributed by atoms with E-state index in [0.717, 1.165) is 0 Å². The van der Waals surface area contributed by atoms with Gasteiger partial charge in [0.2, 0.25) is 10.9 Å². The average Bonchev–Trinajstić information content (AvgIpc) is 3.36. The standard InChI is InChI=1S/C24H21N3O5S/c1-4-30-17-11-10-14(12-18(17)31-5-2)20-19-21(28)15-8-6-7-9-16(15)32-22(19)23(29)27(20)24-26-25-13(3)33-24/h6-12,20H,4-5H2,1-3H3.